The second kappa shape index (κ2) is 8.19. The van der Waals surface area contributed by atoms with Crippen LogP contribution in [0.5, 0.6) is 5.75 Å². The normalized spacial score (nSPS) is 10.7. The molecule has 0 atom stereocenters. The third-order valence-electron chi connectivity index (χ3n) is 3.08. The molecule has 0 aliphatic carbocycles. The van der Waals surface area contributed by atoms with Gasteiger partial charge in [-0.15, -0.1) is 0 Å². The monoisotopic (exact) mass is 302 g/mol. The molecule has 0 fully saturated rings. The standard InChI is InChI=1S/C16H22N4O2/c1-20(2)10-8-18-16(21)19-9-11-22-14-5-6-15-13(12-14)4-3-7-17-15/h3-7,12H,8-11H2,1-2H3,(H2,18,19,21). The molecule has 0 saturated heterocycles. The Kier molecular flexibility index (Phi) is 5.97. The summed E-state index contributed by atoms with van der Waals surface area (Å²) >= 11 is 0. The molecule has 1 aromatic heterocycles. The second-order valence-corrected chi connectivity index (χ2v) is 5.19. The van der Waals surface area contributed by atoms with Gasteiger partial charge in [-0.05, 0) is 38.4 Å². The van der Waals surface area contributed by atoms with Gasteiger partial charge in [-0.25, -0.2) is 4.79 Å². The molecule has 0 radical (unpaired) electrons. The molecule has 2 N–H and O–H groups in total. The molecule has 1 heterocycles. The molecule has 2 rings (SSSR count). The van der Waals surface area contributed by atoms with E-state index in [0.29, 0.717) is 19.7 Å². The average molecular weight is 302 g/mol. The Labute approximate surface area is 130 Å². The number of amides is 2. The Morgan fingerprint density at radius 1 is 1.23 bits per heavy atom. The molecule has 0 spiro atoms. The summed E-state index contributed by atoms with van der Waals surface area (Å²) in [5.74, 6) is 0.773. The minimum Gasteiger partial charge on any atom is -0.492 e. The lowest BCUT2D eigenvalue weighted by Gasteiger charge is -2.11. The zero-order valence-electron chi connectivity index (χ0n) is 13.0. The maximum absolute atomic E-state index is 11.5. The number of benzene rings is 1. The number of pyridine rings is 1. The number of urea groups is 1. The lowest BCUT2D eigenvalue weighted by atomic mass is 10.2. The molecule has 6 heteroatoms. The van der Waals surface area contributed by atoms with E-state index < -0.39 is 0 Å². The predicted octanol–water partition coefficient (Wildman–Crippen LogP) is 1.47. The molecule has 0 aliphatic rings. The van der Waals surface area contributed by atoms with Crippen molar-refractivity contribution in [3.8, 4) is 5.75 Å². The Bertz CT molecular complexity index is 616. The van der Waals surface area contributed by atoms with Crippen molar-refractivity contribution in [2.24, 2.45) is 0 Å². The first-order valence-corrected chi connectivity index (χ1v) is 7.29. The number of hydrogen-bond donors (Lipinski definition) is 2. The number of carbonyl (C=O) groups excluding carboxylic acids is 1. The molecule has 2 amide bonds. The summed E-state index contributed by atoms with van der Waals surface area (Å²) in [6, 6.07) is 9.46. The molecule has 0 bridgehead atoms. The third kappa shape index (κ3) is 5.21. The van der Waals surface area contributed by atoms with Gasteiger partial charge in [0, 0.05) is 24.7 Å². The zero-order valence-corrected chi connectivity index (χ0v) is 13.0. The summed E-state index contributed by atoms with van der Waals surface area (Å²) in [4.78, 5) is 17.8. The Hall–Kier alpha value is -2.34. The molecular formula is C16H22N4O2. The fraction of sp³-hybridized carbons (Fsp3) is 0.375. The Morgan fingerprint density at radius 3 is 2.86 bits per heavy atom. The van der Waals surface area contributed by atoms with Crippen molar-refractivity contribution in [2.45, 2.75) is 0 Å². The number of nitrogens with one attached hydrogen (secondary N) is 2. The number of aromatic nitrogens is 1. The van der Waals surface area contributed by atoms with Gasteiger partial charge in [0.2, 0.25) is 0 Å². The van der Waals surface area contributed by atoms with Gasteiger partial charge in [0.05, 0.1) is 12.1 Å². The van der Waals surface area contributed by atoms with Crippen molar-refractivity contribution in [3.63, 3.8) is 0 Å². The molecule has 22 heavy (non-hydrogen) atoms. The van der Waals surface area contributed by atoms with Gasteiger partial charge in [0.1, 0.15) is 12.4 Å². The summed E-state index contributed by atoms with van der Waals surface area (Å²) in [5.41, 5.74) is 0.938. The minimum absolute atomic E-state index is 0.173. The van der Waals surface area contributed by atoms with Crippen LogP contribution in [0, 0.1) is 0 Å². The van der Waals surface area contributed by atoms with Gasteiger partial charge >= 0.3 is 6.03 Å². The summed E-state index contributed by atoms with van der Waals surface area (Å²) < 4.78 is 5.63. The minimum atomic E-state index is -0.173. The van der Waals surface area contributed by atoms with Crippen LogP contribution in [0.4, 0.5) is 4.79 Å². The number of carbonyl (C=O) groups is 1. The van der Waals surface area contributed by atoms with Gasteiger partial charge in [0.15, 0.2) is 0 Å². The molecule has 1 aromatic carbocycles. The largest absolute Gasteiger partial charge is 0.492 e. The van der Waals surface area contributed by atoms with Crippen LogP contribution in [0.25, 0.3) is 10.9 Å². The van der Waals surface area contributed by atoms with E-state index in [2.05, 4.69) is 15.6 Å². The third-order valence-corrected chi connectivity index (χ3v) is 3.08. The molecule has 0 saturated carbocycles. The van der Waals surface area contributed by atoms with E-state index >= 15 is 0 Å². The van der Waals surface area contributed by atoms with Crippen molar-refractivity contribution >= 4 is 16.9 Å². The quantitative estimate of drug-likeness (QED) is 0.760. The molecule has 6 nitrogen and oxygen atoms in total. The highest BCUT2D eigenvalue weighted by Gasteiger charge is 2.01. The van der Waals surface area contributed by atoms with E-state index in [1.807, 2.05) is 49.3 Å². The lowest BCUT2D eigenvalue weighted by Crippen LogP contribution is -2.40. The average Bonchev–Trinajstić information content (AvgIpc) is 2.51. The highest BCUT2D eigenvalue weighted by molar-refractivity contribution is 5.79. The number of likely N-dealkylation sites (N-methyl/N-ethyl adjacent to an activating group) is 1. The summed E-state index contributed by atoms with van der Waals surface area (Å²) in [5, 5.41) is 6.58. The van der Waals surface area contributed by atoms with Gasteiger partial charge in [-0.3, -0.25) is 4.98 Å². The van der Waals surface area contributed by atoms with Crippen LogP contribution < -0.4 is 15.4 Å². The zero-order chi connectivity index (χ0) is 15.8. The molecular weight excluding hydrogens is 280 g/mol. The van der Waals surface area contributed by atoms with E-state index in [4.69, 9.17) is 4.74 Å². The van der Waals surface area contributed by atoms with E-state index in [-0.39, 0.29) is 6.03 Å². The summed E-state index contributed by atoms with van der Waals surface area (Å²) in [6.07, 6.45) is 1.77. The summed E-state index contributed by atoms with van der Waals surface area (Å²) in [7, 11) is 3.93. The van der Waals surface area contributed by atoms with Gasteiger partial charge in [-0.1, -0.05) is 6.07 Å². The van der Waals surface area contributed by atoms with Crippen molar-refractivity contribution in [3.05, 3.63) is 36.5 Å². The van der Waals surface area contributed by atoms with Crippen LogP contribution in [-0.4, -0.2) is 56.3 Å². The molecule has 0 unspecified atom stereocenters. The van der Waals surface area contributed by atoms with Crippen LogP contribution in [0.3, 0.4) is 0 Å². The topological polar surface area (TPSA) is 66.5 Å². The predicted molar refractivity (Wildman–Crippen MR) is 87.2 cm³/mol. The van der Waals surface area contributed by atoms with E-state index in [9.17, 15) is 4.79 Å². The van der Waals surface area contributed by atoms with Crippen molar-refractivity contribution in [2.75, 3.05) is 40.3 Å². The maximum Gasteiger partial charge on any atom is 0.314 e. The van der Waals surface area contributed by atoms with Crippen molar-refractivity contribution < 1.29 is 9.53 Å². The second-order valence-electron chi connectivity index (χ2n) is 5.19. The smallest absolute Gasteiger partial charge is 0.314 e. The fourth-order valence-corrected chi connectivity index (χ4v) is 1.93. The highest BCUT2D eigenvalue weighted by Crippen LogP contribution is 2.18. The van der Waals surface area contributed by atoms with Crippen LogP contribution in [-0.2, 0) is 0 Å². The van der Waals surface area contributed by atoms with Gasteiger partial charge in [-0.2, -0.15) is 0 Å². The fourth-order valence-electron chi connectivity index (χ4n) is 1.93. The maximum atomic E-state index is 11.5. The highest BCUT2D eigenvalue weighted by atomic mass is 16.5. The Balaban J connectivity index is 1.68. The van der Waals surface area contributed by atoms with E-state index in [0.717, 1.165) is 23.2 Å². The number of hydrogen-bond acceptors (Lipinski definition) is 4. The van der Waals surface area contributed by atoms with Crippen LogP contribution >= 0.6 is 0 Å². The van der Waals surface area contributed by atoms with Crippen molar-refractivity contribution in [1.29, 1.82) is 0 Å². The first-order valence-electron chi connectivity index (χ1n) is 7.29. The first-order chi connectivity index (χ1) is 10.6. The van der Waals surface area contributed by atoms with E-state index in [1.54, 1.807) is 6.20 Å². The number of ether oxygens (including phenoxy) is 1. The number of nitrogens with zero attached hydrogens (tertiary/aromatic N) is 2. The van der Waals surface area contributed by atoms with Gasteiger partial charge < -0.3 is 20.3 Å². The SMILES string of the molecule is CN(C)CCNC(=O)NCCOc1ccc2ncccc2c1. The van der Waals surface area contributed by atoms with E-state index in [1.165, 1.54) is 0 Å². The van der Waals surface area contributed by atoms with Gasteiger partial charge in [0.25, 0.3) is 0 Å². The molecule has 0 aliphatic heterocycles. The molecule has 118 valence electrons. The Morgan fingerprint density at radius 2 is 2.05 bits per heavy atom. The number of rotatable bonds is 7. The molecule has 2 aromatic rings. The first kappa shape index (κ1) is 16.0. The van der Waals surface area contributed by atoms with Crippen LogP contribution in [0.1, 0.15) is 0 Å². The lowest BCUT2D eigenvalue weighted by molar-refractivity contribution is 0.235. The van der Waals surface area contributed by atoms with Crippen LogP contribution in [0.15, 0.2) is 36.5 Å². The summed E-state index contributed by atoms with van der Waals surface area (Å²) in [6.45, 7) is 2.32. The van der Waals surface area contributed by atoms with Crippen LogP contribution in [0.2, 0.25) is 0 Å². The van der Waals surface area contributed by atoms with Crippen molar-refractivity contribution in [1.82, 2.24) is 20.5 Å². The number of fused-ring (bicyclic) bond motifs is 1.